The lowest BCUT2D eigenvalue weighted by atomic mass is 9.80. The summed E-state index contributed by atoms with van der Waals surface area (Å²) in [5.74, 6) is 0.574. The molecule has 0 N–H and O–H groups in total. The fraction of sp³-hybridized carbons (Fsp3) is 0.571. The van der Waals surface area contributed by atoms with Gasteiger partial charge in [-0.2, -0.15) is 0 Å². The molecular formula is C14H18Cl2N2O. The van der Waals surface area contributed by atoms with Gasteiger partial charge in [0.2, 0.25) is 5.91 Å². The van der Waals surface area contributed by atoms with Crippen LogP contribution in [0.2, 0.25) is 10.2 Å². The number of carbonyl (C=O) groups excluding carboxylic acids is 1. The maximum Gasteiger partial charge on any atom is 0.223 e. The van der Waals surface area contributed by atoms with Crippen molar-refractivity contribution >= 4 is 29.1 Å². The van der Waals surface area contributed by atoms with E-state index in [0.717, 1.165) is 12.1 Å². The van der Waals surface area contributed by atoms with Gasteiger partial charge in [-0.05, 0) is 17.4 Å². The van der Waals surface area contributed by atoms with Crippen molar-refractivity contribution < 1.29 is 4.79 Å². The molecule has 104 valence electrons. The quantitative estimate of drug-likeness (QED) is 0.779. The second kappa shape index (κ2) is 5.29. The Morgan fingerprint density at radius 2 is 2.11 bits per heavy atom. The van der Waals surface area contributed by atoms with Gasteiger partial charge in [-0.1, -0.05) is 44.0 Å². The van der Waals surface area contributed by atoms with E-state index in [0.29, 0.717) is 29.1 Å². The second-order valence-corrected chi connectivity index (χ2v) is 6.93. The summed E-state index contributed by atoms with van der Waals surface area (Å²) in [7, 11) is 0. The molecular weight excluding hydrogens is 283 g/mol. The fourth-order valence-electron chi connectivity index (χ4n) is 2.26. The summed E-state index contributed by atoms with van der Waals surface area (Å²) in [6.45, 7) is 7.80. The minimum absolute atomic E-state index is 0.145. The van der Waals surface area contributed by atoms with Crippen LogP contribution in [0.4, 0.5) is 0 Å². The smallest absolute Gasteiger partial charge is 0.223 e. The number of nitrogens with zero attached hydrogens (tertiary/aromatic N) is 2. The van der Waals surface area contributed by atoms with Crippen molar-refractivity contribution in [2.75, 3.05) is 6.54 Å². The zero-order chi connectivity index (χ0) is 14.2. The molecule has 1 aromatic rings. The molecule has 1 amide bonds. The Bertz CT molecular complexity index is 497. The molecule has 1 saturated heterocycles. The van der Waals surface area contributed by atoms with Crippen molar-refractivity contribution in [1.29, 1.82) is 0 Å². The SMILES string of the molecule is CC(C)(C)C1CC(=O)N(Cc2cnc(Cl)cc2Cl)C1. The molecule has 3 nitrogen and oxygen atoms in total. The Labute approximate surface area is 123 Å². The summed E-state index contributed by atoms with van der Waals surface area (Å²) >= 11 is 11.9. The highest BCUT2D eigenvalue weighted by molar-refractivity contribution is 6.34. The second-order valence-electron chi connectivity index (χ2n) is 6.14. The molecule has 2 heterocycles. The number of rotatable bonds is 2. The van der Waals surface area contributed by atoms with E-state index >= 15 is 0 Å². The Hall–Kier alpha value is -0.800. The average Bonchev–Trinajstić information content (AvgIpc) is 2.64. The van der Waals surface area contributed by atoms with Gasteiger partial charge in [-0.25, -0.2) is 4.98 Å². The number of pyridine rings is 1. The number of hydrogen-bond donors (Lipinski definition) is 0. The van der Waals surface area contributed by atoms with Crippen LogP contribution in [-0.2, 0) is 11.3 Å². The normalized spacial score (nSPS) is 20.2. The van der Waals surface area contributed by atoms with Crippen LogP contribution in [0, 0.1) is 11.3 Å². The lowest BCUT2D eigenvalue weighted by Crippen LogP contribution is -2.27. The summed E-state index contributed by atoms with van der Waals surface area (Å²) < 4.78 is 0. The third-order valence-corrected chi connectivity index (χ3v) is 4.26. The standard InChI is InChI=1S/C14H18Cl2N2O/c1-14(2,3)10-4-13(19)18(8-10)7-9-6-17-12(16)5-11(9)15/h5-6,10H,4,7-8H2,1-3H3. The number of likely N-dealkylation sites (tertiary alicyclic amines) is 1. The molecule has 0 spiro atoms. The molecule has 2 rings (SSSR count). The van der Waals surface area contributed by atoms with Crippen LogP contribution in [0.3, 0.4) is 0 Å². The van der Waals surface area contributed by atoms with Crippen LogP contribution < -0.4 is 0 Å². The first-order chi connectivity index (χ1) is 8.77. The van der Waals surface area contributed by atoms with Crippen LogP contribution in [0.15, 0.2) is 12.3 Å². The first kappa shape index (κ1) is 14.6. The van der Waals surface area contributed by atoms with Gasteiger partial charge in [0, 0.05) is 31.3 Å². The average molecular weight is 301 g/mol. The minimum Gasteiger partial charge on any atom is -0.338 e. The van der Waals surface area contributed by atoms with Gasteiger partial charge in [0.05, 0.1) is 5.02 Å². The number of hydrogen-bond acceptors (Lipinski definition) is 2. The van der Waals surface area contributed by atoms with Gasteiger partial charge >= 0.3 is 0 Å². The van der Waals surface area contributed by atoms with Crippen molar-refractivity contribution in [2.24, 2.45) is 11.3 Å². The molecule has 1 aromatic heterocycles. The van der Waals surface area contributed by atoms with Crippen LogP contribution in [0.25, 0.3) is 0 Å². The molecule has 1 aliphatic rings. The molecule has 0 bridgehead atoms. The fourth-order valence-corrected chi connectivity index (χ4v) is 2.69. The maximum absolute atomic E-state index is 12.1. The van der Waals surface area contributed by atoms with Gasteiger partial charge < -0.3 is 4.90 Å². The highest BCUT2D eigenvalue weighted by Gasteiger charge is 2.36. The van der Waals surface area contributed by atoms with E-state index < -0.39 is 0 Å². The molecule has 0 aromatic carbocycles. The summed E-state index contributed by atoms with van der Waals surface area (Å²) in [6.07, 6.45) is 2.25. The van der Waals surface area contributed by atoms with Gasteiger partial charge in [-0.3, -0.25) is 4.79 Å². The monoisotopic (exact) mass is 300 g/mol. The number of aromatic nitrogens is 1. The van der Waals surface area contributed by atoms with Crippen molar-refractivity contribution in [3.63, 3.8) is 0 Å². The van der Waals surface area contributed by atoms with E-state index in [1.807, 2.05) is 4.90 Å². The van der Waals surface area contributed by atoms with Gasteiger partial charge in [0.25, 0.3) is 0 Å². The molecule has 19 heavy (non-hydrogen) atoms. The van der Waals surface area contributed by atoms with E-state index in [4.69, 9.17) is 23.2 Å². The van der Waals surface area contributed by atoms with Gasteiger partial charge in [-0.15, -0.1) is 0 Å². The van der Waals surface area contributed by atoms with Crippen LogP contribution in [0.5, 0.6) is 0 Å². The topological polar surface area (TPSA) is 33.2 Å². The highest BCUT2D eigenvalue weighted by Crippen LogP contribution is 2.35. The first-order valence-corrected chi connectivity index (χ1v) is 7.10. The van der Waals surface area contributed by atoms with Crippen LogP contribution in [0.1, 0.15) is 32.8 Å². The predicted octanol–water partition coefficient (Wildman–Crippen LogP) is 3.78. The Balaban J connectivity index is 2.10. The third kappa shape index (κ3) is 3.40. The Morgan fingerprint density at radius 3 is 2.63 bits per heavy atom. The summed E-state index contributed by atoms with van der Waals surface area (Å²) in [5, 5.41) is 0.932. The Morgan fingerprint density at radius 1 is 1.42 bits per heavy atom. The van der Waals surface area contributed by atoms with Crippen molar-refractivity contribution in [1.82, 2.24) is 9.88 Å². The zero-order valence-electron chi connectivity index (χ0n) is 11.4. The summed E-state index contributed by atoms with van der Waals surface area (Å²) in [6, 6.07) is 1.61. The molecule has 0 aliphatic carbocycles. The molecule has 5 heteroatoms. The van der Waals surface area contributed by atoms with E-state index in [1.54, 1.807) is 12.3 Å². The first-order valence-electron chi connectivity index (χ1n) is 6.35. The largest absolute Gasteiger partial charge is 0.338 e. The van der Waals surface area contributed by atoms with Crippen molar-refractivity contribution in [3.05, 3.63) is 28.0 Å². The van der Waals surface area contributed by atoms with Crippen molar-refractivity contribution in [3.8, 4) is 0 Å². The maximum atomic E-state index is 12.1. The molecule has 1 atom stereocenters. The summed E-state index contributed by atoms with van der Waals surface area (Å²) in [5.41, 5.74) is 0.987. The lowest BCUT2D eigenvalue weighted by molar-refractivity contribution is -0.128. The zero-order valence-corrected chi connectivity index (χ0v) is 12.9. The molecule has 0 radical (unpaired) electrons. The lowest BCUT2D eigenvalue weighted by Gasteiger charge is -2.26. The molecule has 1 fully saturated rings. The van der Waals surface area contributed by atoms with Crippen molar-refractivity contribution in [2.45, 2.75) is 33.7 Å². The minimum atomic E-state index is 0.145. The molecule has 1 unspecified atom stereocenters. The number of amides is 1. The number of carbonyl (C=O) groups is 1. The highest BCUT2D eigenvalue weighted by atomic mass is 35.5. The van der Waals surface area contributed by atoms with Crippen LogP contribution in [-0.4, -0.2) is 22.3 Å². The van der Waals surface area contributed by atoms with E-state index in [1.165, 1.54) is 0 Å². The van der Waals surface area contributed by atoms with Crippen LogP contribution >= 0.6 is 23.2 Å². The van der Waals surface area contributed by atoms with Gasteiger partial charge in [0.1, 0.15) is 5.15 Å². The molecule has 0 saturated carbocycles. The Kier molecular flexibility index (Phi) is 4.07. The van der Waals surface area contributed by atoms with E-state index in [2.05, 4.69) is 25.8 Å². The summed E-state index contributed by atoms with van der Waals surface area (Å²) in [4.78, 5) is 17.9. The van der Waals surface area contributed by atoms with Gasteiger partial charge in [0.15, 0.2) is 0 Å². The third-order valence-electron chi connectivity index (χ3n) is 3.70. The number of halogens is 2. The molecule has 1 aliphatic heterocycles. The predicted molar refractivity (Wildman–Crippen MR) is 77.2 cm³/mol. The van der Waals surface area contributed by atoms with E-state index in [-0.39, 0.29) is 11.3 Å². The van der Waals surface area contributed by atoms with E-state index in [9.17, 15) is 4.79 Å².